The maximum Gasteiger partial charge on any atom is 0.321 e. The van der Waals surface area contributed by atoms with E-state index in [1.807, 2.05) is 0 Å². The number of carbonyl (C=O) groups is 2. The molecule has 0 saturated carbocycles. The van der Waals surface area contributed by atoms with Crippen LogP contribution >= 0.6 is 11.5 Å². The fraction of sp³-hybridized carbons (Fsp3) is 0.571. The van der Waals surface area contributed by atoms with Gasteiger partial charge in [-0.1, -0.05) is 9.59 Å². The van der Waals surface area contributed by atoms with Crippen molar-refractivity contribution in [2.45, 2.75) is 18.9 Å². The number of hydrogen-bond acceptors (Lipinski definition) is 7. The van der Waals surface area contributed by atoms with Crippen molar-refractivity contribution in [3.8, 4) is 0 Å². The van der Waals surface area contributed by atoms with E-state index in [1.54, 1.807) is 0 Å². The molecule has 0 aliphatic heterocycles. The Morgan fingerprint density at radius 1 is 1.53 bits per heavy atom. The molecule has 94 valence electrons. The summed E-state index contributed by atoms with van der Waals surface area (Å²) in [5.41, 5.74) is -1.51. The van der Waals surface area contributed by atoms with Crippen LogP contribution in [0.2, 0.25) is 0 Å². The van der Waals surface area contributed by atoms with Gasteiger partial charge >= 0.3 is 12.0 Å². The van der Waals surface area contributed by atoms with Crippen LogP contribution in [0.25, 0.3) is 0 Å². The van der Waals surface area contributed by atoms with Gasteiger partial charge in [-0.2, -0.15) is 0 Å². The highest BCUT2D eigenvalue weighted by molar-refractivity contribution is 7.09. The van der Waals surface area contributed by atoms with Crippen LogP contribution < -0.4 is 10.6 Å². The van der Waals surface area contributed by atoms with Crippen LogP contribution in [-0.2, 0) is 4.79 Å². The zero-order valence-electron chi connectivity index (χ0n) is 8.88. The minimum absolute atomic E-state index is 0.197. The van der Waals surface area contributed by atoms with Crippen molar-refractivity contribution in [2.75, 3.05) is 11.9 Å². The van der Waals surface area contributed by atoms with Gasteiger partial charge in [0, 0.05) is 18.1 Å². The molecule has 0 radical (unpaired) electrons. The Labute approximate surface area is 100 Å². The molecule has 0 fully saturated rings. The van der Waals surface area contributed by atoms with Gasteiger partial charge in [0.2, 0.25) is 5.13 Å². The van der Waals surface area contributed by atoms with Gasteiger partial charge < -0.3 is 15.5 Å². The number of aromatic nitrogens is 3. The first-order valence-electron chi connectivity index (χ1n) is 4.53. The van der Waals surface area contributed by atoms with Crippen molar-refractivity contribution < 1.29 is 19.8 Å². The second-order valence-corrected chi connectivity index (χ2v) is 4.28. The van der Waals surface area contributed by atoms with Crippen LogP contribution in [0, 0.1) is 0 Å². The molecule has 1 aromatic rings. The number of amides is 2. The van der Waals surface area contributed by atoms with Gasteiger partial charge in [0.1, 0.15) is 0 Å². The largest absolute Gasteiger partial charge is 0.481 e. The molecule has 0 spiro atoms. The molecule has 0 aliphatic carbocycles. The standard InChI is InChI=1S/C7H11N5O4S/c1-7(16,2-4(13)14)3-8-5(15)9-6-10-11-12-17-6/h16H,2-3H2,1H3,(H,13,14)(H2,8,9,10,12,15). The summed E-state index contributed by atoms with van der Waals surface area (Å²) in [5.74, 6) is -1.15. The Morgan fingerprint density at radius 3 is 2.76 bits per heavy atom. The zero-order valence-corrected chi connectivity index (χ0v) is 9.69. The minimum atomic E-state index is -1.51. The number of anilines is 1. The monoisotopic (exact) mass is 261 g/mol. The molecule has 4 N–H and O–H groups in total. The topological polar surface area (TPSA) is 137 Å². The summed E-state index contributed by atoms with van der Waals surface area (Å²) in [4.78, 5) is 21.7. The van der Waals surface area contributed by atoms with Gasteiger partial charge in [-0.05, 0) is 12.1 Å². The number of carboxylic acids is 1. The third kappa shape index (κ3) is 5.17. The summed E-state index contributed by atoms with van der Waals surface area (Å²) < 4.78 is 3.43. The smallest absolute Gasteiger partial charge is 0.321 e. The van der Waals surface area contributed by atoms with Gasteiger partial charge in [-0.3, -0.25) is 10.1 Å². The third-order valence-electron chi connectivity index (χ3n) is 1.68. The number of urea groups is 1. The maximum atomic E-state index is 11.3. The van der Waals surface area contributed by atoms with E-state index < -0.39 is 24.0 Å². The lowest BCUT2D eigenvalue weighted by Gasteiger charge is -2.21. The second-order valence-electron chi connectivity index (χ2n) is 3.54. The zero-order chi connectivity index (χ0) is 12.9. The van der Waals surface area contributed by atoms with Crippen molar-refractivity contribution >= 4 is 28.7 Å². The highest BCUT2D eigenvalue weighted by Gasteiger charge is 2.24. The predicted molar refractivity (Wildman–Crippen MR) is 57.6 cm³/mol. The average Bonchev–Trinajstić information content (AvgIpc) is 2.65. The molecule has 0 saturated heterocycles. The Hall–Kier alpha value is -1.81. The molecule has 0 aromatic carbocycles. The summed E-state index contributed by atoms with van der Waals surface area (Å²) in [5, 5.41) is 29.7. The second kappa shape index (κ2) is 5.50. The first-order valence-corrected chi connectivity index (χ1v) is 5.30. The molecular formula is C7H11N5O4S. The lowest BCUT2D eigenvalue weighted by molar-refractivity contribution is -0.141. The number of carbonyl (C=O) groups excluding carboxylic acids is 1. The Bertz CT molecular complexity index is 393. The average molecular weight is 261 g/mol. The van der Waals surface area contributed by atoms with Crippen molar-refractivity contribution in [1.29, 1.82) is 0 Å². The summed E-state index contributed by atoms with van der Waals surface area (Å²) >= 11 is 0.894. The first-order chi connectivity index (χ1) is 7.89. The summed E-state index contributed by atoms with van der Waals surface area (Å²) in [6.07, 6.45) is -0.465. The van der Waals surface area contributed by atoms with Gasteiger partial charge in [0.25, 0.3) is 0 Å². The summed E-state index contributed by atoms with van der Waals surface area (Å²) in [7, 11) is 0. The lowest BCUT2D eigenvalue weighted by atomic mass is 10.0. The quantitative estimate of drug-likeness (QED) is 0.548. The number of aliphatic hydroxyl groups is 1. The summed E-state index contributed by atoms with van der Waals surface area (Å²) in [6, 6.07) is -0.616. The van der Waals surface area contributed by atoms with E-state index in [2.05, 4.69) is 25.4 Å². The molecule has 2 amide bonds. The molecule has 1 aromatic heterocycles. The molecule has 10 heteroatoms. The van der Waals surface area contributed by atoms with Crippen LogP contribution in [0.4, 0.5) is 9.93 Å². The molecule has 1 unspecified atom stereocenters. The van der Waals surface area contributed by atoms with Crippen molar-refractivity contribution in [2.24, 2.45) is 0 Å². The normalized spacial score (nSPS) is 13.8. The fourth-order valence-electron chi connectivity index (χ4n) is 0.982. The summed E-state index contributed by atoms with van der Waals surface area (Å²) in [6.45, 7) is 1.12. The number of nitrogens with zero attached hydrogens (tertiary/aromatic N) is 3. The highest BCUT2D eigenvalue weighted by Crippen LogP contribution is 2.08. The van der Waals surface area contributed by atoms with Crippen LogP contribution in [0.3, 0.4) is 0 Å². The first kappa shape index (κ1) is 13.3. The van der Waals surface area contributed by atoms with E-state index >= 15 is 0 Å². The van der Waals surface area contributed by atoms with Crippen molar-refractivity contribution in [3.63, 3.8) is 0 Å². The Balaban J connectivity index is 2.35. The van der Waals surface area contributed by atoms with E-state index in [0.29, 0.717) is 0 Å². The third-order valence-corrected chi connectivity index (χ3v) is 2.19. The van der Waals surface area contributed by atoms with Gasteiger partial charge in [-0.15, -0.1) is 0 Å². The number of rotatable bonds is 5. The van der Waals surface area contributed by atoms with Crippen LogP contribution in [0.1, 0.15) is 13.3 Å². The van der Waals surface area contributed by atoms with Crippen LogP contribution in [-0.4, -0.2) is 49.2 Å². The lowest BCUT2D eigenvalue weighted by Crippen LogP contribution is -2.43. The Morgan fingerprint density at radius 2 is 2.24 bits per heavy atom. The minimum Gasteiger partial charge on any atom is -0.481 e. The number of aliphatic carboxylic acids is 1. The molecule has 17 heavy (non-hydrogen) atoms. The maximum absolute atomic E-state index is 11.3. The van der Waals surface area contributed by atoms with E-state index in [9.17, 15) is 14.7 Å². The van der Waals surface area contributed by atoms with Gasteiger partial charge in [0.05, 0.1) is 12.0 Å². The number of hydrogen-bond donors (Lipinski definition) is 4. The van der Waals surface area contributed by atoms with Crippen LogP contribution in [0.5, 0.6) is 0 Å². The SMILES string of the molecule is CC(O)(CNC(=O)Nc1nnns1)CC(=O)O. The van der Waals surface area contributed by atoms with E-state index in [4.69, 9.17) is 5.11 Å². The van der Waals surface area contributed by atoms with E-state index in [1.165, 1.54) is 6.92 Å². The van der Waals surface area contributed by atoms with Gasteiger partial charge in [0.15, 0.2) is 0 Å². The molecule has 1 rings (SSSR count). The predicted octanol–water partition coefficient (Wildman–Crippen LogP) is -0.720. The fourth-order valence-corrected chi connectivity index (χ4v) is 1.34. The molecule has 9 nitrogen and oxygen atoms in total. The molecule has 0 bridgehead atoms. The van der Waals surface area contributed by atoms with E-state index in [0.717, 1.165) is 11.5 Å². The van der Waals surface area contributed by atoms with E-state index in [-0.39, 0.29) is 11.7 Å². The highest BCUT2D eigenvalue weighted by atomic mass is 32.1. The molecular weight excluding hydrogens is 250 g/mol. The molecule has 1 atom stereocenters. The number of carboxylic acid groups (broad SMARTS) is 1. The number of nitrogens with one attached hydrogen (secondary N) is 2. The van der Waals surface area contributed by atoms with Crippen LogP contribution in [0.15, 0.2) is 0 Å². The van der Waals surface area contributed by atoms with Crippen molar-refractivity contribution in [1.82, 2.24) is 20.1 Å². The van der Waals surface area contributed by atoms with Crippen molar-refractivity contribution in [3.05, 3.63) is 0 Å². The van der Waals surface area contributed by atoms with Gasteiger partial charge in [-0.25, -0.2) is 4.79 Å². The Kier molecular flexibility index (Phi) is 4.29. The molecule has 1 heterocycles. The molecule has 0 aliphatic rings.